The zero-order valence-corrected chi connectivity index (χ0v) is 21.1. The second kappa shape index (κ2) is 11.3. The number of nitrogens with zero attached hydrogens (tertiary/aromatic N) is 1. The highest BCUT2D eigenvalue weighted by Crippen LogP contribution is 2.35. The van der Waals surface area contributed by atoms with Crippen molar-refractivity contribution in [3.05, 3.63) is 47.5 Å². The summed E-state index contributed by atoms with van der Waals surface area (Å²) in [5.41, 5.74) is 2.06. The lowest BCUT2D eigenvalue weighted by Gasteiger charge is -2.28. The molecule has 1 heterocycles. The third kappa shape index (κ3) is 6.32. The predicted molar refractivity (Wildman–Crippen MR) is 134 cm³/mol. The fraction of sp³-hybridized carbons (Fsp3) is 0.435. The molecule has 0 unspecified atom stereocenters. The van der Waals surface area contributed by atoms with E-state index in [1.807, 2.05) is 24.3 Å². The zero-order chi connectivity index (χ0) is 21.6. The van der Waals surface area contributed by atoms with E-state index in [0.29, 0.717) is 26.3 Å². The van der Waals surface area contributed by atoms with Crippen molar-refractivity contribution >= 4 is 29.9 Å². The molecule has 1 aliphatic rings. The Kier molecular flexibility index (Phi) is 9.09. The molecule has 0 spiro atoms. The maximum atomic E-state index is 5.73. The average Bonchev–Trinajstić information content (AvgIpc) is 2.78. The quantitative estimate of drug-likeness (QED) is 0.316. The number of hydrogen-bond donors (Lipinski definition) is 2. The second-order valence-corrected chi connectivity index (χ2v) is 7.70. The van der Waals surface area contributed by atoms with Crippen molar-refractivity contribution in [1.29, 1.82) is 0 Å². The minimum atomic E-state index is -0.134. The van der Waals surface area contributed by atoms with Crippen LogP contribution in [-0.2, 0) is 12.0 Å². The van der Waals surface area contributed by atoms with Gasteiger partial charge in [-0.1, -0.05) is 19.9 Å². The van der Waals surface area contributed by atoms with Crippen LogP contribution in [0.4, 0.5) is 0 Å². The number of ether oxygens (including phenoxy) is 4. The van der Waals surface area contributed by atoms with Gasteiger partial charge in [0.05, 0.1) is 14.2 Å². The average molecular weight is 541 g/mol. The van der Waals surface area contributed by atoms with E-state index in [4.69, 9.17) is 18.9 Å². The number of rotatable bonds is 7. The third-order valence-electron chi connectivity index (χ3n) is 5.19. The van der Waals surface area contributed by atoms with E-state index >= 15 is 0 Å². The molecule has 170 valence electrons. The number of halogens is 1. The normalized spacial score (nSPS) is 13.1. The molecule has 0 radical (unpaired) electrons. The molecule has 0 atom stereocenters. The molecule has 0 saturated heterocycles. The van der Waals surface area contributed by atoms with Crippen molar-refractivity contribution in [2.45, 2.75) is 25.8 Å². The first-order valence-corrected chi connectivity index (χ1v) is 10.0. The van der Waals surface area contributed by atoms with Gasteiger partial charge in [-0.05, 0) is 29.8 Å². The standard InChI is InChI=1S/C23H31N3O4.HI/c1-23(2,17-7-9-19-21(12-17)30-11-10-29-19)15-26-22(24-3)25-14-16-6-8-18(27-4)13-20(16)28-5;/h6-9,12-13H,10-11,14-15H2,1-5H3,(H2,24,25,26);1H. The zero-order valence-electron chi connectivity index (χ0n) is 18.8. The maximum Gasteiger partial charge on any atom is 0.191 e. The van der Waals surface area contributed by atoms with Gasteiger partial charge in [-0.2, -0.15) is 0 Å². The maximum absolute atomic E-state index is 5.73. The van der Waals surface area contributed by atoms with Crippen molar-refractivity contribution in [3.63, 3.8) is 0 Å². The van der Waals surface area contributed by atoms with E-state index in [1.54, 1.807) is 21.3 Å². The van der Waals surface area contributed by atoms with Gasteiger partial charge in [0.15, 0.2) is 17.5 Å². The van der Waals surface area contributed by atoms with Gasteiger partial charge in [-0.25, -0.2) is 0 Å². The molecular weight excluding hydrogens is 509 g/mol. The summed E-state index contributed by atoms with van der Waals surface area (Å²) in [6, 6.07) is 11.9. The van der Waals surface area contributed by atoms with Crippen LogP contribution >= 0.6 is 24.0 Å². The lowest BCUT2D eigenvalue weighted by molar-refractivity contribution is 0.171. The lowest BCUT2D eigenvalue weighted by Crippen LogP contribution is -2.43. The highest BCUT2D eigenvalue weighted by molar-refractivity contribution is 14.0. The van der Waals surface area contributed by atoms with Gasteiger partial charge >= 0.3 is 0 Å². The Morgan fingerprint density at radius 3 is 2.42 bits per heavy atom. The second-order valence-electron chi connectivity index (χ2n) is 7.70. The van der Waals surface area contributed by atoms with E-state index in [9.17, 15) is 0 Å². The predicted octanol–water partition coefficient (Wildman–Crippen LogP) is 3.74. The van der Waals surface area contributed by atoms with Gasteiger partial charge in [0.2, 0.25) is 0 Å². The monoisotopic (exact) mass is 541 g/mol. The number of methoxy groups -OCH3 is 2. The number of aliphatic imine (C=N–C) groups is 1. The molecule has 0 amide bonds. The van der Waals surface area contributed by atoms with Crippen LogP contribution in [0.1, 0.15) is 25.0 Å². The van der Waals surface area contributed by atoms with Gasteiger partial charge in [0, 0.05) is 37.2 Å². The fourth-order valence-corrected chi connectivity index (χ4v) is 3.27. The van der Waals surface area contributed by atoms with Crippen LogP contribution in [0.2, 0.25) is 0 Å². The van der Waals surface area contributed by atoms with Crippen molar-refractivity contribution in [2.24, 2.45) is 4.99 Å². The van der Waals surface area contributed by atoms with Crippen LogP contribution in [0.15, 0.2) is 41.4 Å². The summed E-state index contributed by atoms with van der Waals surface area (Å²) in [6.45, 7) is 6.83. The summed E-state index contributed by atoms with van der Waals surface area (Å²) in [4.78, 5) is 4.34. The Morgan fingerprint density at radius 2 is 1.74 bits per heavy atom. The SMILES string of the molecule is CN=C(NCc1ccc(OC)cc1OC)NCC(C)(C)c1ccc2c(c1)OCCO2.I. The van der Waals surface area contributed by atoms with Gasteiger partial charge in [0.1, 0.15) is 24.7 Å². The van der Waals surface area contributed by atoms with Crippen LogP contribution in [0.3, 0.4) is 0 Å². The van der Waals surface area contributed by atoms with Crippen molar-refractivity contribution in [2.75, 3.05) is 41.0 Å². The molecule has 1 aliphatic heterocycles. The lowest BCUT2D eigenvalue weighted by atomic mass is 9.84. The van der Waals surface area contributed by atoms with Crippen LogP contribution in [0, 0.1) is 0 Å². The minimum absolute atomic E-state index is 0. The molecule has 2 N–H and O–H groups in total. The van der Waals surface area contributed by atoms with E-state index in [-0.39, 0.29) is 29.4 Å². The summed E-state index contributed by atoms with van der Waals surface area (Å²) in [6.07, 6.45) is 0. The molecule has 0 fully saturated rings. The number of guanidine groups is 1. The molecule has 3 rings (SSSR count). The molecule has 0 saturated carbocycles. The molecule has 8 heteroatoms. The van der Waals surface area contributed by atoms with Crippen molar-refractivity contribution in [1.82, 2.24) is 10.6 Å². The molecule has 0 aliphatic carbocycles. The first kappa shape index (κ1) is 24.9. The Morgan fingerprint density at radius 1 is 1.00 bits per heavy atom. The first-order chi connectivity index (χ1) is 14.5. The van der Waals surface area contributed by atoms with E-state index in [2.05, 4.69) is 41.6 Å². The van der Waals surface area contributed by atoms with Gasteiger partial charge in [-0.15, -0.1) is 24.0 Å². The van der Waals surface area contributed by atoms with Gasteiger partial charge < -0.3 is 29.6 Å². The van der Waals surface area contributed by atoms with Gasteiger partial charge in [0.25, 0.3) is 0 Å². The fourth-order valence-electron chi connectivity index (χ4n) is 3.27. The number of nitrogens with one attached hydrogen (secondary N) is 2. The highest BCUT2D eigenvalue weighted by Gasteiger charge is 2.24. The first-order valence-electron chi connectivity index (χ1n) is 10.0. The molecule has 0 aromatic heterocycles. The summed E-state index contributed by atoms with van der Waals surface area (Å²) in [7, 11) is 5.06. The molecule has 31 heavy (non-hydrogen) atoms. The molecule has 2 aromatic rings. The topological polar surface area (TPSA) is 73.3 Å². The van der Waals surface area contributed by atoms with Crippen LogP contribution in [-0.4, -0.2) is 47.0 Å². The van der Waals surface area contributed by atoms with E-state index in [1.165, 1.54) is 5.56 Å². The van der Waals surface area contributed by atoms with E-state index in [0.717, 1.165) is 34.5 Å². The Balaban J connectivity index is 0.00000341. The molecular formula is C23H32IN3O4. The Labute approximate surface area is 201 Å². The van der Waals surface area contributed by atoms with Gasteiger partial charge in [-0.3, -0.25) is 4.99 Å². The smallest absolute Gasteiger partial charge is 0.191 e. The summed E-state index contributed by atoms with van der Waals surface area (Å²) < 4.78 is 22.1. The largest absolute Gasteiger partial charge is 0.497 e. The number of fused-ring (bicyclic) bond motifs is 1. The van der Waals surface area contributed by atoms with Crippen LogP contribution in [0.25, 0.3) is 0 Å². The Bertz CT molecular complexity index is 902. The molecule has 7 nitrogen and oxygen atoms in total. The van der Waals surface area contributed by atoms with Crippen LogP contribution in [0.5, 0.6) is 23.0 Å². The summed E-state index contributed by atoms with van der Waals surface area (Å²) in [5.74, 6) is 3.87. The highest BCUT2D eigenvalue weighted by atomic mass is 127. The molecule has 0 bridgehead atoms. The number of benzene rings is 2. The summed E-state index contributed by atoms with van der Waals surface area (Å²) in [5, 5.41) is 6.77. The van der Waals surface area contributed by atoms with Crippen molar-refractivity contribution in [3.8, 4) is 23.0 Å². The van der Waals surface area contributed by atoms with E-state index < -0.39 is 0 Å². The number of hydrogen-bond acceptors (Lipinski definition) is 5. The third-order valence-corrected chi connectivity index (χ3v) is 5.19. The summed E-state index contributed by atoms with van der Waals surface area (Å²) >= 11 is 0. The van der Waals surface area contributed by atoms with Crippen molar-refractivity contribution < 1.29 is 18.9 Å². The van der Waals surface area contributed by atoms with Crippen LogP contribution < -0.4 is 29.6 Å². The minimum Gasteiger partial charge on any atom is -0.497 e. The molecule has 2 aromatic carbocycles. The Hall–Kier alpha value is -2.36.